The minimum Gasteiger partial charge on any atom is -0.496 e. The highest BCUT2D eigenvalue weighted by Gasteiger charge is 2.22. The number of hydrogen-bond acceptors (Lipinski definition) is 2. The van der Waals surface area contributed by atoms with Gasteiger partial charge in [-0.2, -0.15) is 0 Å². The molecule has 0 bridgehead atoms. The normalized spacial score (nSPS) is 12.3. The molecule has 2 aromatic carbocycles. The first-order chi connectivity index (χ1) is 9.97. The Hall–Kier alpha value is -1.53. The molecule has 0 aliphatic heterocycles. The van der Waals surface area contributed by atoms with Gasteiger partial charge in [0.25, 0.3) is 0 Å². The van der Waals surface area contributed by atoms with Crippen LogP contribution in [0, 0.1) is 17.5 Å². The highest BCUT2D eigenvalue weighted by molar-refractivity contribution is 9.10. The Kier molecular flexibility index (Phi) is 4.90. The maximum absolute atomic E-state index is 13.9. The second kappa shape index (κ2) is 6.49. The third-order valence-corrected chi connectivity index (χ3v) is 3.75. The van der Waals surface area contributed by atoms with Gasteiger partial charge in [0.2, 0.25) is 0 Å². The van der Waals surface area contributed by atoms with Crippen molar-refractivity contribution in [2.24, 2.45) is 0 Å². The molecule has 1 N–H and O–H groups in total. The third-order valence-electron chi connectivity index (χ3n) is 3.13. The summed E-state index contributed by atoms with van der Waals surface area (Å²) >= 11 is 3.33. The van der Waals surface area contributed by atoms with E-state index < -0.39 is 23.5 Å². The number of halogens is 4. The molecule has 0 amide bonds. The molecule has 0 spiro atoms. The molecule has 6 heteroatoms. The zero-order valence-corrected chi connectivity index (χ0v) is 13.0. The maximum atomic E-state index is 13.9. The van der Waals surface area contributed by atoms with Crippen LogP contribution in [0.2, 0.25) is 0 Å². The fraction of sp³-hybridized carbons (Fsp3) is 0.200. The van der Waals surface area contributed by atoms with Crippen LogP contribution >= 0.6 is 15.9 Å². The highest BCUT2D eigenvalue weighted by Crippen LogP contribution is 2.32. The van der Waals surface area contributed by atoms with Gasteiger partial charge in [-0.3, -0.25) is 0 Å². The van der Waals surface area contributed by atoms with Crippen molar-refractivity contribution in [3.8, 4) is 5.75 Å². The van der Waals surface area contributed by atoms with E-state index in [4.69, 9.17) is 4.74 Å². The van der Waals surface area contributed by atoms with Gasteiger partial charge in [-0.15, -0.1) is 0 Å². The zero-order chi connectivity index (χ0) is 15.6. The summed E-state index contributed by atoms with van der Waals surface area (Å²) in [5.74, 6) is -2.20. The van der Waals surface area contributed by atoms with Gasteiger partial charge in [-0.05, 0) is 40.7 Å². The molecule has 1 unspecified atom stereocenters. The summed E-state index contributed by atoms with van der Waals surface area (Å²) in [6, 6.07) is 5.66. The fourth-order valence-corrected chi connectivity index (χ4v) is 2.73. The lowest BCUT2D eigenvalue weighted by Crippen LogP contribution is -2.20. The van der Waals surface area contributed by atoms with E-state index in [1.807, 2.05) is 0 Å². The molecule has 0 aromatic heterocycles. The van der Waals surface area contributed by atoms with Gasteiger partial charge in [0, 0.05) is 17.7 Å². The van der Waals surface area contributed by atoms with Crippen molar-refractivity contribution in [1.29, 1.82) is 0 Å². The lowest BCUT2D eigenvalue weighted by molar-refractivity contribution is 0.411. The van der Waals surface area contributed by atoms with Gasteiger partial charge < -0.3 is 10.1 Å². The van der Waals surface area contributed by atoms with Crippen LogP contribution in [-0.4, -0.2) is 14.2 Å². The van der Waals surface area contributed by atoms with E-state index in [2.05, 4.69) is 21.2 Å². The Bertz CT molecular complexity index is 640. The second-order valence-corrected chi connectivity index (χ2v) is 5.25. The smallest absolute Gasteiger partial charge is 0.134 e. The van der Waals surface area contributed by atoms with Crippen molar-refractivity contribution in [2.45, 2.75) is 6.04 Å². The topological polar surface area (TPSA) is 21.3 Å². The average Bonchev–Trinajstić information content (AvgIpc) is 2.42. The molecule has 0 heterocycles. The molecule has 0 saturated heterocycles. The molecule has 0 saturated carbocycles. The van der Waals surface area contributed by atoms with Gasteiger partial charge in [0.05, 0.1) is 17.6 Å². The number of rotatable bonds is 4. The SMILES string of the molecule is CNC(c1ccc(OC)c(Br)c1)c1c(F)cc(F)cc1F. The Balaban J connectivity index is 2.52. The second-order valence-electron chi connectivity index (χ2n) is 4.40. The minimum absolute atomic E-state index is 0.226. The van der Waals surface area contributed by atoms with Gasteiger partial charge in [0.15, 0.2) is 0 Å². The molecule has 1 atom stereocenters. The molecule has 0 aliphatic rings. The largest absolute Gasteiger partial charge is 0.496 e. The third kappa shape index (κ3) is 3.22. The summed E-state index contributed by atoms with van der Waals surface area (Å²) in [6.45, 7) is 0. The molecule has 0 fully saturated rings. The van der Waals surface area contributed by atoms with E-state index >= 15 is 0 Å². The summed E-state index contributed by atoms with van der Waals surface area (Å²) < 4.78 is 46.6. The van der Waals surface area contributed by atoms with Crippen LogP contribution in [0.15, 0.2) is 34.8 Å². The first-order valence-electron chi connectivity index (χ1n) is 6.13. The molecule has 2 aromatic rings. The Labute approximate surface area is 129 Å². The van der Waals surface area contributed by atoms with Crippen LogP contribution in [-0.2, 0) is 0 Å². The van der Waals surface area contributed by atoms with E-state index in [1.165, 1.54) is 7.11 Å². The van der Waals surface area contributed by atoms with E-state index in [0.717, 1.165) is 0 Å². The van der Waals surface area contributed by atoms with Gasteiger partial charge in [0.1, 0.15) is 23.2 Å². The standard InChI is InChI=1S/C15H13BrF3NO/c1-20-15(8-3-4-13(21-2)10(16)5-8)14-11(18)6-9(17)7-12(14)19/h3-7,15,20H,1-2H3. The molecular weight excluding hydrogens is 347 g/mol. The number of hydrogen-bond donors (Lipinski definition) is 1. The van der Waals surface area contributed by atoms with Crippen LogP contribution in [0.1, 0.15) is 17.2 Å². The predicted octanol–water partition coefficient (Wildman–Crippen LogP) is 4.18. The number of benzene rings is 2. The minimum atomic E-state index is -0.945. The maximum Gasteiger partial charge on any atom is 0.134 e. The number of nitrogens with one attached hydrogen (secondary N) is 1. The van der Waals surface area contributed by atoms with E-state index in [0.29, 0.717) is 27.9 Å². The van der Waals surface area contributed by atoms with Gasteiger partial charge in [-0.1, -0.05) is 6.07 Å². The molecule has 2 nitrogen and oxygen atoms in total. The van der Waals surface area contributed by atoms with Crippen LogP contribution in [0.4, 0.5) is 13.2 Å². The molecule has 112 valence electrons. The lowest BCUT2D eigenvalue weighted by atomic mass is 9.97. The summed E-state index contributed by atoms with van der Waals surface area (Å²) in [7, 11) is 3.10. The van der Waals surface area contributed by atoms with Crippen molar-refractivity contribution in [2.75, 3.05) is 14.2 Å². The summed E-state index contributed by atoms with van der Waals surface area (Å²) in [5.41, 5.74) is 0.394. The van der Waals surface area contributed by atoms with E-state index in [9.17, 15) is 13.2 Å². The first-order valence-corrected chi connectivity index (χ1v) is 6.92. The van der Waals surface area contributed by atoms with Gasteiger partial charge in [-0.25, -0.2) is 13.2 Å². The Morgan fingerprint density at radius 1 is 1.10 bits per heavy atom. The quantitative estimate of drug-likeness (QED) is 0.883. The Morgan fingerprint density at radius 3 is 2.19 bits per heavy atom. The number of ether oxygens (including phenoxy) is 1. The van der Waals surface area contributed by atoms with Crippen LogP contribution in [0.3, 0.4) is 0 Å². The molecule has 21 heavy (non-hydrogen) atoms. The molecule has 0 radical (unpaired) electrons. The summed E-state index contributed by atoms with van der Waals surface area (Å²) in [4.78, 5) is 0. The average molecular weight is 360 g/mol. The molecular formula is C15H13BrF3NO. The highest BCUT2D eigenvalue weighted by atomic mass is 79.9. The molecule has 2 rings (SSSR count). The monoisotopic (exact) mass is 359 g/mol. The first kappa shape index (κ1) is 15.9. The van der Waals surface area contributed by atoms with E-state index in [1.54, 1.807) is 25.2 Å². The van der Waals surface area contributed by atoms with Crippen molar-refractivity contribution in [3.63, 3.8) is 0 Å². The predicted molar refractivity (Wildman–Crippen MR) is 77.9 cm³/mol. The van der Waals surface area contributed by atoms with Crippen LogP contribution in [0.25, 0.3) is 0 Å². The van der Waals surface area contributed by atoms with Crippen LogP contribution < -0.4 is 10.1 Å². The van der Waals surface area contributed by atoms with Gasteiger partial charge >= 0.3 is 0 Å². The van der Waals surface area contributed by atoms with Crippen molar-refractivity contribution < 1.29 is 17.9 Å². The van der Waals surface area contributed by atoms with Crippen molar-refractivity contribution >= 4 is 15.9 Å². The fourth-order valence-electron chi connectivity index (χ4n) is 2.17. The summed E-state index contributed by atoms with van der Waals surface area (Å²) in [5, 5.41) is 2.84. The zero-order valence-electron chi connectivity index (χ0n) is 11.4. The van der Waals surface area contributed by atoms with Crippen molar-refractivity contribution in [3.05, 3.63) is 63.4 Å². The van der Waals surface area contributed by atoms with Crippen LogP contribution in [0.5, 0.6) is 5.75 Å². The van der Waals surface area contributed by atoms with E-state index in [-0.39, 0.29) is 5.56 Å². The lowest BCUT2D eigenvalue weighted by Gasteiger charge is -2.19. The summed E-state index contributed by atoms with van der Waals surface area (Å²) in [6.07, 6.45) is 0. The molecule has 0 aliphatic carbocycles. The number of methoxy groups -OCH3 is 1. The Morgan fingerprint density at radius 2 is 1.71 bits per heavy atom. The van der Waals surface area contributed by atoms with Crippen molar-refractivity contribution in [1.82, 2.24) is 5.32 Å².